The van der Waals surface area contributed by atoms with Crippen LogP contribution in [0, 0.1) is 0 Å². The molecule has 0 saturated carbocycles. The largest absolute Gasteiger partial charge is 0.479 e. The van der Waals surface area contributed by atoms with E-state index >= 15 is 0 Å². The lowest BCUT2D eigenvalue weighted by atomic mass is 10.2. The van der Waals surface area contributed by atoms with Crippen LogP contribution in [0.2, 0.25) is 0 Å². The van der Waals surface area contributed by atoms with Crippen molar-refractivity contribution in [1.29, 1.82) is 0 Å². The number of hydrogen-bond donors (Lipinski definition) is 2. The van der Waals surface area contributed by atoms with E-state index in [1.165, 1.54) is 7.11 Å². The molecule has 0 unspecified atom stereocenters. The Morgan fingerprint density at radius 1 is 1.44 bits per heavy atom. The van der Waals surface area contributed by atoms with Crippen molar-refractivity contribution in [2.24, 2.45) is 0 Å². The summed E-state index contributed by atoms with van der Waals surface area (Å²) in [7, 11) is 1.51. The molecule has 2 aromatic rings. The van der Waals surface area contributed by atoms with Crippen LogP contribution in [0.3, 0.4) is 0 Å². The Morgan fingerprint density at radius 3 is 2.94 bits per heavy atom. The van der Waals surface area contributed by atoms with E-state index < -0.39 is 6.10 Å². The predicted molar refractivity (Wildman–Crippen MR) is 65.1 cm³/mol. The molecule has 0 aromatic carbocycles. The summed E-state index contributed by atoms with van der Waals surface area (Å²) in [5.41, 5.74) is 6.83. The molecule has 0 saturated heterocycles. The lowest BCUT2D eigenvalue weighted by Crippen LogP contribution is -2.08. The molecule has 2 heterocycles. The maximum absolute atomic E-state index is 9.52. The highest BCUT2D eigenvalue weighted by molar-refractivity contribution is 5.77. The number of ether oxygens (including phenoxy) is 1. The zero-order valence-corrected chi connectivity index (χ0v) is 9.82. The van der Waals surface area contributed by atoms with Crippen molar-refractivity contribution in [3.8, 4) is 5.88 Å². The summed E-state index contributed by atoms with van der Waals surface area (Å²) in [6, 6.07) is 0.0315. The van der Waals surface area contributed by atoms with Crippen LogP contribution in [-0.2, 0) is 0 Å². The van der Waals surface area contributed by atoms with Gasteiger partial charge in [0.1, 0.15) is 0 Å². The van der Waals surface area contributed by atoms with Crippen molar-refractivity contribution in [3.05, 3.63) is 18.5 Å². The first-order valence-corrected chi connectivity index (χ1v) is 5.59. The molecule has 1 aliphatic rings. The number of fused-ring (bicyclic) bond motifs is 1. The average molecular weight is 247 g/mol. The maximum atomic E-state index is 9.52. The van der Waals surface area contributed by atoms with E-state index in [1.54, 1.807) is 12.4 Å². The van der Waals surface area contributed by atoms with Gasteiger partial charge in [0.2, 0.25) is 11.8 Å². The molecule has 0 spiro atoms. The van der Waals surface area contributed by atoms with Gasteiger partial charge in [0.05, 0.1) is 25.6 Å². The number of nitrogen functional groups attached to an aromatic ring is 1. The first-order chi connectivity index (χ1) is 8.69. The number of imidazole rings is 1. The molecule has 0 bridgehead atoms. The quantitative estimate of drug-likeness (QED) is 0.739. The monoisotopic (exact) mass is 247 g/mol. The lowest BCUT2D eigenvalue weighted by Gasteiger charge is -2.11. The fourth-order valence-corrected chi connectivity index (χ4v) is 2.16. The van der Waals surface area contributed by atoms with E-state index in [2.05, 4.69) is 15.0 Å². The second-order valence-corrected chi connectivity index (χ2v) is 4.17. The van der Waals surface area contributed by atoms with Gasteiger partial charge in [-0.3, -0.25) is 0 Å². The van der Waals surface area contributed by atoms with Crippen LogP contribution in [0.25, 0.3) is 11.2 Å². The minimum atomic E-state index is -0.423. The van der Waals surface area contributed by atoms with Gasteiger partial charge in [0, 0.05) is 6.42 Å². The Kier molecular flexibility index (Phi) is 2.41. The van der Waals surface area contributed by atoms with Gasteiger partial charge in [0.15, 0.2) is 11.2 Å². The van der Waals surface area contributed by atoms with Gasteiger partial charge in [-0.2, -0.15) is 9.97 Å². The van der Waals surface area contributed by atoms with Crippen LogP contribution in [0.4, 0.5) is 5.95 Å². The van der Waals surface area contributed by atoms with Gasteiger partial charge in [-0.1, -0.05) is 12.2 Å². The Bertz CT molecular complexity index is 621. The molecule has 94 valence electrons. The van der Waals surface area contributed by atoms with Gasteiger partial charge < -0.3 is 20.1 Å². The van der Waals surface area contributed by atoms with Crippen LogP contribution < -0.4 is 10.5 Å². The van der Waals surface area contributed by atoms with Gasteiger partial charge >= 0.3 is 0 Å². The van der Waals surface area contributed by atoms with Crippen LogP contribution >= 0.6 is 0 Å². The van der Waals surface area contributed by atoms with Crippen molar-refractivity contribution >= 4 is 17.1 Å². The fourth-order valence-electron chi connectivity index (χ4n) is 2.16. The minimum absolute atomic E-state index is 0.0315. The van der Waals surface area contributed by atoms with Crippen LogP contribution in [0.15, 0.2) is 18.5 Å². The summed E-state index contributed by atoms with van der Waals surface area (Å²) >= 11 is 0. The first-order valence-electron chi connectivity index (χ1n) is 5.59. The number of anilines is 1. The molecule has 7 nitrogen and oxygen atoms in total. The Labute approximate surface area is 103 Å². The summed E-state index contributed by atoms with van der Waals surface area (Å²) < 4.78 is 6.99. The lowest BCUT2D eigenvalue weighted by molar-refractivity contribution is 0.211. The number of methoxy groups -OCH3 is 1. The molecule has 0 fully saturated rings. The smallest absolute Gasteiger partial charge is 0.246 e. The third-order valence-electron chi connectivity index (χ3n) is 3.00. The van der Waals surface area contributed by atoms with E-state index in [-0.39, 0.29) is 12.0 Å². The van der Waals surface area contributed by atoms with Gasteiger partial charge in [-0.15, -0.1) is 0 Å². The predicted octanol–water partition coefficient (Wildman–Crippen LogP) is 0.279. The molecule has 0 amide bonds. The molecule has 3 N–H and O–H groups in total. The van der Waals surface area contributed by atoms with Crippen molar-refractivity contribution in [2.75, 3.05) is 12.8 Å². The highest BCUT2D eigenvalue weighted by Crippen LogP contribution is 2.29. The number of hydrogen-bond acceptors (Lipinski definition) is 6. The first kappa shape index (κ1) is 11.0. The third kappa shape index (κ3) is 1.60. The number of aromatic nitrogens is 4. The standard InChI is InChI=1S/C11H13N5O2/c1-18-10-8-9(14-11(12)15-10)16(5-13-8)6-2-3-7(17)4-6/h2-3,5-7,17H,4H2,1H3,(H2,12,14,15)/t6-,7+/m1/s1. The highest BCUT2D eigenvalue weighted by Gasteiger charge is 2.22. The molecule has 0 aliphatic heterocycles. The zero-order valence-electron chi connectivity index (χ0n) is 9.82. The van der Waals surface area contributed by atoms with Crippen molar-refractivity contribution in [1.82, 2.24) is 19.5 Å². The molecular formula is C11H13N5O2. The summed E-state index contributed by atoms with van der Waals surface area (Å²) in [6.07, 6.45) is 5.54. The zero-order chi connectivity index (χ0) is 12.7. The summed E-state index contributed by atoms with van der Waals surface area (Å²) in [5.74, 6) is 0.502. The Morgan fingerprint density at radius 2 is 2.28 bits per heavy atom. The molecule has 0 radical (unpaired) electrons. The Hall–Kier alpha value is -2.15. The van der Waals surface area contributed by atoms with Gasteiger partial charge in [-0.05, 0) is 0 Å². The summed E-state index contributed by atoms with van der Waals surface area (Å²) in [5, 5.41) is 9.52. The number of allylic oxidation sites excluding steroid dienone is 1. The SMILES string of the molecule is COc1nc(N)nc2c1ncn2[C@@H]1C=C[C@H](O)C1. The fraction of sp³-hybridized carbons (Fsp3) is 0.364. The molecule has 2 atom stereocenters. The van der Waals surface area contributed by atoms with Crippen molar-refractivity contribution in [3.63, 3.8) is 0 Å². The molecular weight excluding hydrogens is 234 g/mol. The topological polar surface area (TPSA) is 99.1 Å². The van der Waals surface area contributed by atoms with E-state index in [0.717, 1.165) is 0 Å². The average Bonchev–Trinajstić information content (AvgIpc) is 2.93. The van der Waals surface area contributed by atoms with Crippen molar-refractivity contribution in [2.45, 2.75) is 18.6 Å². The second kappa shape index (κ2) is 3.95. The molecule has 2 aromatic heterocycles. The van der Waals surface area contributed by atoms with Gasteiger partial charge in [0.25, 0.3) is 0 Å². The maximum Gasteiger partial charge on any atom is 0.246 e. The normalized spacial score (nSPS) is 22.8. The van der Waals surface area contributed by atoms with Crippen LogP contribution in [0.5, 0.6) is 5.88 Å². The molecule has 3 rings (SSSR count). The summed E-state index contributed by atoms with van der Waals surface area (Å²) in [6.45, 7) is 0. The van der Waals surface area contributed by atoms with Gasteiger partial charge in [-0.25, -0.2) is 4.98 Å². The molecule has 7 heteroatoms. The number of nitrogens with zero attached hydrogens (tertiary/aromatic N) is 4. The van der Waals surface area contributed by atoms with E-state index in [1.807, 2.05) is 10.6 Å². The van der Waals surface area contributed by atoms with Crippen molar-refractivity contribution < 1.29 is 9.84 Å². The number of rotatable bonds is 2. The van der Waals surface area contributed by atoms with E-state index in [4.69, 9.17) is 10.5 Å². The minimum Gasteiger partial charge on any atom is -0.479 e. The second-order valence-electron chi connectivity index (χ2n) is 4.17. The van der Waals surface area contributed by atoms with Crippen LogP contribution in [-0.4, -0.2) is 37.8 Å². The molecule has 18 heavy (non-hydrogen) atoms. The van der Waals surface area contributed by atoms with E-state index in [0.29, 0.717) is 23.5 Å². The third-order valence-corrected chi connectivity index (χ3v) is 3.00. The van der Waals surface area contributed by atoms with E-state index in [9.17, 15) is 5.11 Å². The summed E-state index contributed by atoms with van der Waals surface area (Å²) in [4.78, 5) is 12.4. The molecule has 1 aliphatic carbocycles. The highest BCUT2D eigenvalue weighted by atomic mass is 16.5. The number of aliphatic hydroxyl groups is 1. The Balaban J connectivity index is 2.14. The number of nitrogens with two attached hydrogens (primary N) is 1. The number of aliphatic hydroxyl groups excluding tert-OH is 1. The van der Waals surface area contributed by atoms with Crippen LogP contribution in [0.1, 0.15) is 12.5 Å².